The van der Waals surface area contributed by atoms with Gasteiger partial charge in [0.2, 0.25) is 0 Å². The number of rotatable bonds is 7. The number of ether oxygens (including phenoxy) is 2. The summed E-state index contributed by atoms with van der Waals surface area (Å²) >= 11 is 0. The minimum Gasteiger partial charge on any atom is -0.490 e. The summed E-state index contributed by atoms with van der Waals surface area (Å²) in [7, 11) is 0. The van der Waals surface area contributed by atoms with Crippen molar-refractivity contribution in [2.45, 2.75) is 78.4 Å². The lowest BCUT2D eigenvalue weighted by Gasteiger charge is -2.38. The average Bonchev–Trinajstić information content (AvgIpc) is 2.57. The highest BCUT2D eigenvalue weighted by atomic mass is 16.5. The van der Waals surface area contributed by atoms with Crippen LogP contribution in [0.4, 0.5) is 5.69 Å². The van der Waals surface area contributed by atoms with Crippen molar-refractivity contribution in [2.75, 3.05) is 11.9 Å². The lowest BCUT2D eigenvalue weighted by atomic mass is 9.78. The molecule has 4 nitrogen and oxygen atoms in total. The quantitative estimate of drug-likeness (QED) is 0.747. The van der Waals surface area contributed by atoms with Crippen LogP contribution in [0.3, 0.4) is 0 Å². The molecule has 0 radical (unpaired) electrons. The van der Waals surface area contributed by atoms with Gasteiger partial charge in [0.05, 0.1) is 6.10 Å². The molecule has 0 unspecified atom stereocenters. The van der Waals surface area contributed by atoms with Gasteiger partial charge in [-0.3, -0.25) is 4.79 Å². The molecule has 1 amide bonds. The van der Waals surface area contributed by atoms with Gasteiger partial charge < -0.3 is 14.8 Å². The molecule has 0 bridgehead atoms. The van der Waals surface area contributed by atoms with Gasteiger partial charge in [0.1, 0.15) is 11.4 Å². The zero-order valence-corrected chi connectivity index (χ0v) is 16.4. The standard InChI is InChI=1S/C21H33NO3/c1-6-17(5)25-19-11-10-18(13-16(19)4)22-20(23)21(24-7-2)12-8-9-15(3)14-21/h10-11,13,15,17H,6-9,12,14H2,1-5H3,(H,22,23)/t15-,17-,21-/m1/s1. The molecule has 0 saturated heterocycles. The maximum atomic E-state index is 13.0. The van der Waals surface area contributed by atoms with Crippen LogP contribution >= 0.6 is 0 Å². The summed E-state index contributed by atoms with van der Waals surface area (Å²) in [6.07, 6.45) is 4.95. The van der Waals surface area contributed by atoms with Gasteiger partial charge in [0.15, 0.2) is 0 Å². The van der Waals surface area contributed by atoms with Crippen molar-refractivity contribution in [1.82, 2.24) is 0 Å². The maximum absolute atomic E-state index is 13.0. The lowest BCUT2D eigenvalue weighted by molar-refractivity contribution is -0.147. The Hall–Kier alpha value is -1.55. The van der Waals surface area contributed by atoms with Crippen LogP contribution in [-0.4, -0.2) is 24.2 Å². The molecule has 140 valence electrons. The Bertz CT molecular complexity index is 583. The van der Waals surface area contributed by atoms with Crippen molar-refractivity contribution in [2.24, 2.45) is 5.92 Å². The molecule has 0 aliphatic heterocycles. The fourth-order valence-electron chi connectivity index (χ4n) is 3.59. The van der Waals surface area contributed by atoms with E-state index in [2.05, 4.69) is 26.1 Å². The molecule has 0 heterocycles. The molecule has 1 aliphatic carbocycles. The van der Waals surface area contributed by atoms with Gasteiger partial charge in [0, 0.05) is 12.3 Å². The summed E-state index contributed by atoms with van der Waals surface area (Å²) in [5.41, 5.74) is 1.14. The smallest absolute Gasteiger partial charge is 0.256 e. The highest BCUT2D eigenvalue weighted by Gasteiger charge is 2.42. The van der Waals surface area contributed by atoms with Crippen molar-refractivity contribution in [3.05, 3.63) is 23.8 Å². The van der Waals surface area contributed by atoms with Crippen molar-refractivity contribution in [1.29, 1.82) is 0 Å². The number of benzene rings is 1. The van der Waals surface area contributed by atoms with Gasteiger partial charge in [-0.05, 0) is 76.1 Å². The Morgan fingerprint density at radius 1 is 1.40 bits per heavy atom. The predicted octanol–water partition coefficient (Wildman–Crippen LogP) is 5.10. The summed E-state index contributed by atoms with van der Waals surface area (Å²) in [5.74, 6) is 1.37. The van der Waals surface area contributed by atoms with Gasteiger partial charge in [0.25, 0.3) is 5.91 Å². The summed E-state index contributed by atoms with van der Waals surface area (Å²) in [5, 5.41) is 3.07. The normalized spacial score (nSPS) is 24.6. The van der Waals surface area contributed by atoms with E-state index in [1.807, 2.05) is 32.0 Å². The van der Waals surface area contributed by atoms with Crippen molar-refractivity contribution >= 4 is 11.6 Å². The summed E-state index contributed by atoms with van der Waals surface area (Å²) in [4.78, 5) is 13.0. The monoisotopic (exact) mass is 347 g/mol. The number of anilines is 1. The van der Waals surface area contributed by atoms with E-state index in [0.717, 1.165) is 42.7 Å². The van der Waals surface area contributed by atoms with Crippen LogP contribution in [0.1, 0.15) is 65.4 Å². The predicted molar refractivity (Wildman–Crippen MR) is 102 cm³/mol. The van der Waals surface area contributed by atoms with Crippen LogP contribution < -0.4 is 10.1 Å². The molecule has 0 aromatic heterocycles. The molecule has 1 aromatic carbocycles. The molecule has 1 N–H and O–H groups in total. The topological polar surface area (TPSA) is 47.6 Å². The average molecular weight is 347 g/mol. The van der Waals surface area contributed by atoms with E-state index < -0.39 is 5.60 Å². The Labute approximate surface area is 152 Å². The van der Waals surface area contributed by atoms with Crippen LogP contribution in [0.25, 0.3) is 0 Å². The number of nitrogens with one attached hydrogen (secondary N) is 1. The van der Waals surface area contributed by atoms with Gasteiger partial charge >= 0.3 is 0 Å². The summed E-state index contributed by atoms with van der Waals surface area (Å²) in [6.45, 7) is 10.9. The zero-order chi connectivity index (χ0) is 18.4. The highest BCUT2D eigenvalue weighted by Crippen LogP contribution is 2.36. The third kappa shape index (κ3) is 4.97. The zero-order valence-electron chi connectivity index (χ0n) is 16.4. The van der Waals surface area contributed by atoms with Crippen LogP contribution in [-0.2, 0) is 9.53 Å². The number of carbonyl (C=O) groups excluding carboxylic acids is 1. The number of carbonyl (C=O) groups is 1. The first kappa shape index (κ1) is 19.8. The Balaban J connectivity index is 2.11. The SMILES string of the molecule is CCO[C@]1(C(=O)Nc2ccc(O[C@H](C)CC)c(C)c2)CCC[C@@H](C)C1. The Morgan fingerprint density at radius 2 is 2.16 bits per heavy atom. The van der Waals surface area contributed by atoms with E-state index in [4.69, 9.17) is 9.47 Å². The molecular formula is C21H33NO3. The molecule has 25 heavy (non-hydrogen) atoms. The van der Waals surface area contributed by atoms with E-state index >= 15 is 0 Å². The van der Waals surface area contributed by atoms with E-state index in [1.54, 1.807) is 0 Å². The van der Waals surface area contributed by atoms with E-state index in [-0.39, 0.29) is 12.0 Å². The molecule has 2 rings (SSSR count). The first-order chi connectivity index (χ1) is 11.9. The van der Waals surface area contributed by atoms with E-state index in [0.29, 0.717) is 12.5 Å². The molecular weight excluding hydrogens is 314 g/mol. The second-order valence-electron chi connectivity index (χ2n) is 7.40. The van der Waals surface area contributed by atoms with Gasteiger partial charge in [-0.15, -0.1) is 0 Å². The van der Waals surface area contributed by atoms with Crippen molar-refractivity contribution in [3.8, 4) is 5.75 Å². The van der Waals surface area contributed by atoms with Crippen LogP contribution in [0.5, 0.6) is 5.75 Å². The largest absolute Gasteiger partial charge is 0.490 e. The minimum atomic E-state index is -0.688. The fraction of sp³-hybridized carbons (Fsp3) is 0.667. The van der Waals surface area contributed by atoms with Crippen molar-refractivity contribution in [3.63, 3.8) is 0 Å². The number of amides is 1. The lowest BCUT2D eigenvalue weighted by Crippen LogP contribution is -2.48. The third-order valence-electron chi connectivity index (χ3n) is 5.13. The third-order valence-corrected chi connectivity index (χ3v) is 5.13. The Kier molecular flexibility index (Phi) is 6.88. The van der Waals surface area contributed by atoms with Gasteiger partial charge in [-0.25, -0.2) is 0 Å². The molecule has 1 saturated carbocycles. The second kappa shape index (κ2) is 8.70. The number of aryl methyl sites for hydroxylation is 1. The molecule has 1 aromatic rings. The van der Waals surface area contributed by atoms with Gasteiger partial charge in [-0.2, -0.15) is 0 Å². The Morgan fingerprint density at radius 3 is 2.76 bits per heavy atom. The van der Waals surface area contributed by atoms with E-state index in [9.17, 15) is 4.79 Å². The molecule has 1 fully saturated rings. The van der Waals surface area contributed by atoms with Crippen molar-refractivity contribution < 1.29 is 14.3 Å². The summed E-state index contributed by atoms with van der Waals surface area (Å²) in [6, 6.07) is 5.82. The molecule has 4 heteroatoms. The second-order valence-corrected chi connectivity index (χ2v) is 7.40. The summed E-state index contributed by atoms with van der Waals surface area (Å²) < 4.78 is 11.9. The fourth-order valence-corrected chi connectivity index (χ4v) is 3.59. The van der Waals surface area contributed by atoms with Gasteiger partial charge in [-0.1, -0.05) is 20.3 Å². The maximum Gasteiger partial charge on any atom is 0.256 e. The van der Waals surface area contributed by atoms with E-state index in [1.165, 1.54) is 6.42 Å². The highest BCUT2D eigenvalue weighted by molar-refractivity contribution is 5.97. The van der Waals surface area contributed by atoms with Crippen LogP contribution in [0.2, 0.25) is 0 Å². The number of hydrogen-bond acceptors (Lipinski definition) is 3. The molecule has 3 atom stereocenters. The molecule has 1 aliphatic rings. The minimum absolute atomic E-state index is 0.0177. The number of hydrogen-bond donors (Lipinski definition) is 1. The first-order valence-corrected chi connectivity index (χ1v) is 9.63. The first-order valence-electron chi connectivity index (χ1n) is 9.63. The van der Waals surface area contributed by atoms with Crippen LogP contribution in [0, 0.1) is 12.8 Å². The molecule has 0 spiro atoms. The van der Waals surface area contributed by atoms with Crippen LogP contribution in [0.15, 0.2) is 18.2 Å².